The van der Waals surface area contributed by atoms with Crippen LogP contribution in [0.2, 0.25) is 5.02 Å². The van der Waals surface area contributed by atoms with Crippen LogP contribution in [0.1, 0.15) is 21.5 Å². The van der Waals surface area contributed by atoms with Crippen molar-refractivity contribution in [1.29, 1.82) is 0 Å². The summed E-state index contributed by atoms with van der Waals surface area (Å²) in [6.07, 6.45) is 0.885. The molecule has 0 N–H and O–H groups in total. The van der Waals surface area contributed by atoms with Crippen LogP contribution >= 0.6 is 11.6 Å². The van der Waals surface area contributed by atoms with Crippen molar-refractivity contribution in [2.24, 2.45) is 0 Å². The Morgan fingerprint density at radius 1 is 1.15 bits per heavy atom. The number of fused-ring (bicyclic) bond motifs is 1. The van der Waals surface area contributed by atoms with E-state index in [9.17, 15) is 4.79 Å². The number of rotatable bonds is 4. The molecular weight excluding hydrogens is 360 g/mol. The number of morpholine rings is 1. The van der Waals surface area contributed by atoms with Gasteiger partial charge in [-0.3, -0.25) is 9.69 Å². The molecule has 1 aromatic heterocycles. The minimum absolute atomic E-state index is 0.678. The Bertz CT molecular complexity index is 997. The second-order valence-corrected chi connectivity index (χ2v) is 7.34. The van der Waals surface area contributed by atoms with Crippen molar-refractivity contribution in [3.63, 3.8) is 0 Å². The summed E-state index contributed by atoms with van der Waals surface area (Å²) in [6, 6.07) is 13.8. The zero-order valence-electron chi connectivity index (χ0n) is 15.2. The third kappa shape index (κ3) is 3.88. The predicted molar refractivity (Wildman–Crippen MR) is 108 cm³/mol. The highest BCUT2D eigenvalue weighted by atomic mass is 35.5. The zero-order chi connectivity index (χ0) is 18.8. The molecule has 0 bridgehead atoms. The number of ether oxygens (including phenoxy) is 1. The number of aryl methyl sites for hydroxylation is 1. The van der Waals surface area contributed by atoms with Crippen molar-refractivity contribution < 1.29 is 9.53 Å². The van der Waals surface area contributed by atoms with E-state index in [-0.39, 0.29) is 0 Å². The molecule has 5 heteroatoms. The summed E-state index contributed by atoms with van der Waals surface area (Å²) < 4.78 is 5.47. The van der Waals surface area contributed by atoms with Crippen LogP contribution in [0.15, 0.2) is 42.5 Å². The summed E-state index contributed by atoms with van der Waals surface area (Å²) in [5, 5.41) is 1.80. The lowest BCUT2D eigenvalue weighted by Crippen LogP contribution is -2.35. The summed E-state index contributed by atoms with van der Waals surface area (Å²) in [4.78, 5) is 18.4. The van der Waals surface area contributed by atoms with Crippen LogP contribution in [-0.4, -0.2) is 42.5 Å². The molecule has 4 rings (SSSR count). The highest BCUT2D eigenvalue weighted by molar-refractivity contribution is 6.31. The topological polar surface area (TPSA) is 42.4 Å². The van der Waals surface area contributed by atoms with Gasteiger partial charge in [0, 0.05) is 41.2 Å². The number of nitrogens with zero attached hydrogens (tertiary/aromatic N) is 2. The first-order valence-corrected chi connectivity index (χ1v) is 9.47. The van der Waals surface area contributed by atoms with Crippen molar-refractivity contribution >= 4 is 28.8 Å². The van der Waals surface area contributed by atoms with E-state index < -0.39 is 0 Å². The average molecular weight is 381 g/mol. The lowest BCUT2D eigenvalue weighted by molar-refractivity contribution is 0.0344. The number of hydrogen-bond donors (Lipinski definition) is 0. The van der Waals surface area contributed by atoms with E-state index in [1.54, 1.807) is 0 Å². The molecule has 4 nitrogen and oxygen atoms in total. The van der Waals surface area contributed by atoms with Gasteiger partial charge in [-0.25, -0.2) is 4.98 Å². The van der Waals surface area contributed by atoms with Gasteiger partial charge < -0.3 is 4.74 Å². The number of pyridine rings is 1. The molecule has 1 aliphatic heterocycles. The molecule has 1 aliphatic rings. The number of benzene rings is 2. The lowest BCUT2D eigenvalue weighted by Gasteiger charge is -2.27. The van der Waals surface area contributed by atoms with Crippen molar-refractivity contribution in [3.05, 3.63) is 64.2 Å². The Kier molecular flexibility index (Phi) is 5.21. The van der Waals surface area contributed by atoms with Crippen molar-refractivity contribution in [1.82, 2.24) is 9.88 Å². The SMILES string of the molecule is Cc1cc(-c2cc(CN3CCOCC3)c3ccc(Cl)cc3n2)ccc1C=O. The normalized spacial score (nSPS) is 15.2. The molecular formula is C22H21ClN2O2. The maximum Gasteiger partial charge on any atom is 0.150 e. The van der Waals surface area contributed by atoms with Crippen LogP contribution in [-0.2, 0) is 11.3 Å². The van der Waals surface area contributed by atoms with Gasteiger partial charge in [0.05, 0.1) is 24.4 Å². The molecule has 0 atom stereocenters. The molecule has 1 fully saturated rings. The van der Waals surface area contributed by atoms with Crippen LogP contribution in [0.3, 0.4) is 0 Å². The molecule has 0 spiro atoms. The fraction of sp³-hybridized carbons (Fsp3) is 0.273. The molecule has 138 valence electrons. The van der Waals surface area contributed by atoms with Gasteiger partial charge in [0.2, 0.25) is 0 Å². The van der Waals surface area contributed by atoms with Gasteiger partial charge in [-0.2, -0.15) is 0 Å². The van der Waals surface area contributed by atoms with Gasteiger partial charge >= 0.3 is 0 Å². The first-order chi connectivity index (χ1) is 13.1. The smallest absolute Gasteiger partial charge is 0.150 e. The fourth-order valence-electron chi connectivity index (χ4n) is 3.52. The van der Waals surface area contributed by atoms with E-state index in [0.717, 1.165) is 66.9 Å². The van der Waals surface area contributed by atoms with Crippen LogP contribution in [0.4, 0.5) is 0 Å². The van der Waals surface area contributed by atoms with Gasteiger partial charge in [-0.05, 0) is 42.3 Å². The van der Waals surface area contributed by atoms with Gasteiger partial charge in [0.1, 0.15) is 6.29 Å². The van der Waals surface area contributed by atoms with Crippen LogP contribution in [0.25, 0.3) is 22.2 Å². The molecule has 2 aromatic carbocycles. The molecule has 1 saturated heterocycles. The molecule has 0 aliphatic carbocycles. The van der Waals surface area contributed by atoms with E-state index in [0.29, 0.717) is 10.6 Å². The molecule has 3 aromatic rings. The first-order valence-electron chi connectivity index (χ1n) is 9.09. The van der Waals surface area contributed by atoms with Gasteiger partial charge in [0.25, 0.3) is 0 Å². The quantitative estimate of drug-likeness (QED) is 0.624. The van der Waals surface area contributed by atoms with E-state index >= 15 is 0 Å². The second-order valence-electron chi connectivity index (χ2n) is 6.91. The van der Waals surface area contributed by atoms with Crippen LogP contribution in [0, 0.1) is 6.92 Å². The number of aromatic nitrogens is 1. The average Bonchev–Trinajstić information content (AvgIpc) is 2.68. The Morgan fingerprint density at radius 3 is 2.70 bits per heavy atom. The number of halogens is 1. The third-order valence-electron chi connectivity index (χ3n) is 5.05. The summed E-state index contributed by atoms with van der Waals surface area (Å²) in [6.45, 7) is 6.20. The van der Waals surface area contributed by atoms with Crippen molar-refractivity contribution in [3.8, 4) is 11.3 Å². The molecule has 0 amide bonds. The monoisotopic (exact) mass is 380 g/mol. The summed E-state index contributed by atoms with van der Waals surface area (Å²) in [7, 11) is 0. The molecule has 27 heavy (non-hydrogen) atoms. The largest absolute Gasteiger partial charge is 0.379 e. The lowest BCUT2D eigenvalue weighted by atomic mass is 10.0. The predicted octanol–water partition coefficient (Wildman–Crippen LogP) is 4.51. The minimum Gasteiger partial charge on any atom is -0.379 e. The van der Waals surface area contributed by atoms with Crippen molar-refractivity contribution in [2.75, 3.05) is 26.3 Å². The van der Waals surface area contributed by atoms with E-state index in [2.05, 4.69) is 11.0 Å². The number of carbonyl (C=O) groups excluding carboxylic acids is 1. The molecule has 2 heterocycles. The maximum absolute atomic E-state index is 11.1. The van der Waals surface area contributed by atoms with Gasteiger partial charge in [0.15, 0.2) is 0 Å². The van der Waals surface area contributed by atoms with Crippen LogP contribution in [0.5, 0.6) is 0 Å². The van der Waals surface area contributed by atoms with Gasteiger partial charge in [-0.15, -0.1) is 0 Å². The highest BCUT2D eigenvalue weighted by Gasteiger charge is 2.15. The Morgan fingerprint density at radius 2 is 1.96 bits per heavy atom. The molecule has 0 saturated carbocycles. The summed E-state index contributed by atoms with van der Waals surface area (Å²) >= 11 is 6.22. The maximum atomic E-state index is 11.1. The Balaban J connectivity index is 1.80. The second kappa shape index (κ2) is 7.77. The van der Waals surface area contributed by atoms with E-state index in [4.69, 9.17) is 21.3 Å². The minimum atomic E-state index is 0.678. The number of hydrogen-bond acceptors (Lipinski definition) is 4. The Labute approximate surface area is 163 Å². The fourth-order valence-corrected chi connectivity index (χ4v) is 3.69. The standard InChI is InChI=1S/C22H21ClN2O2/c1-15-10-16(2-3-17(15)14-26)21-11-18(13-25-6-8-27-9-7-25)20-5-4-19(23)12-22(20)24-21/h2-5,10-12,14H,6-9,13H2,1H3. The number of aldehydes is 1. The highest BCUT2D eigenvalue weighted by Crippen LogP contribution is 2.28. The number of carbonyl (C=O) groups is 1. The Hall–Kier alpha value is -2.27. The van der Waals surface area contributed by atoms with Crippen LogP contribution < -0.4 is 0 Å². The molecule has 0 radical (unpaired) electrons. The van der Waals surface area contributed by atoms with E-state index in [1.807, 2.05) is 43.3 Å². The van der Waals surface area contributed by atoms with Crippen molar-refractivity contribution in [2.45, 2.75) is 13.5 Å². The first kappa shape index (κ1) is 18.1. The zero-order valence-corrected chi connectivity index (χ0v) is 16.0. The van der Waals surface area contributed by atoms with E-state index in [1.165, 1.54) is 5.56 Å². The third-order valence-corrected chi connectivity index (χ3v) is 5.28. The van der Waals surface area contributed by atoms with Gasteiger partial charge in [-0.1, -0.05) is 29.8 Å². The summed E-state index contributed by atoms with van der Waals surface area (Å²) in [5.74, 6) is 0. The molecule has 0 unspecified atom stereocenters. The summed E-state index contributed by atoms with van der Waals surface area (Å²) in [5.41, 5.74) is 5.67.